The van der Waals surface area contributed by atoms with E-state index in [1.165, 1.54) is 12.1 Å². The van der Waals surface area contributed by atoms with Crippen LogP contribution in [0.4, 0.5) is 11.4 Å². The normalized spacial score (nSPS) is 11.2. The number of amides is 1. The summed E-state index contributed by atoms with van der Waals surface area (Å²) in [5.41, 5.74) is 2.64. The molecule has 0 unspecified atom stereocenters. The Labute approximate surface area is 177 Å². The van der Waals surface area contributed by atoms with Crippen molar-refractivity contribution >= 4 is 27.3 Å². The van der Waals surface area contributed by atoms with Crippen molar-refractivity contribution in [2.75, 3.05) is 17.1 Å². The fourth-order valence-electron chi connectivity index (χ4n) is 2.81. The van der Waals surface area contributed by atoms with Crippen LogP contribution in [0.1, 0.15) is 35.7 Å². The fourth-order valence-corrected chi connectivity index (χ4v) is 3.87. The highest BCUT2D eigenvalue weighted by molar-refractivity contribution is 7.92. The van der Waals surface area contributed by atoms with Crippen LogP contribution in [-0.2, 0) is 10.0 Å². The van der Waals surface area contributed by atoms with Gasteiger partial charge in [0, 0.05) is 16.9 Å². The molecule has 156 valence electrons. The molecule has 0 fully saturated rings. The van der Waals surface area contributed by atoms with Crippen LogP contribution in [0.3, 0.4) is 0 Å². The number of hydrogen-bond acceptors (Lipinski definition) is 4. The molecule has 0 aliphatic heterocycles. The molecule has 0 heterocycles. The second-order valence-corrected chi connectivity index (χ2v) is 8.77. The summed E-state index contributed by atoms with van der Waals surface area (Å²) in [6, 6.07) is 20.0. The molecule has 0 spiro atoms. The zero-order valence-electron chi connectivity index (χ0n) is 17.0. The van der Waals surface area contributed by atoms with Gasteiger partial charge in [-0.15, -0.1) is 0 Å². The average molecular weight is 425 g/mol. The largest absolute Gasteiger partial charge is 0.497 e. The van der Waals surface area contributed by atoms with Gasteiger partial charge in [0.2, 0.25) is 0 Å². The Kier molecular flexibility index (Phi) is 6.42. The van der Waals surface area contributed by atoms with E-state index in [2.05, 4.69) is 23.9 Å². The molecule has 3 rings (SSSR count). The third-order valence-corrected chi connectivity index (χ3v) is 6.00. The first-order chi connectivity index (χ1) is 14.3. The number of carbonyl (C=O) groups is 1. The van der Waals surface area contributed by atoms with Gasteiger partial charge in [-0.05, 0) is 72.1 Å². The van der Waals surface area contributed by atoms with E-state index in [0.29, 0.717) is 28.6 Å². The van der Waals surface area contributed by atoms with Gasteiger partial charge in [0.25, 0.3) is 15.9 Å². The van der Waals surface area contributed by atoms with Crippen LogP contribution in [0, 0.1) is 0 Å². The Morgan fingerprint density at radius 3 is 1.93 bits per heavy atom. The molecule has 1 amide bonds. The number of methoxy groups -OCH3 is 1. The second-order valence-electron chi connectivity index (χ2n) is 7.09. The van der Waals surface area contributed by atoms with E-state index in [4.69, 9.17) is 4.74 Å². The van der Waals surface area contributed by atoms with Crippen molar-refractivity contribution in [3.63, 3.8) is 0 Å². The summed E-state index contributed by atoms with van der Waals surface area (Å²) in [5, 5.41) is 2.78. The number of nitrogens with one attached hydrogen (secondary N) is 2. The summed E-state index contributed by atoms with van der Waals surface area (Å²) in [5.74, 6) is 0.775. The molecule has 0 radical (unpaired) electrons. The summed E-state index contributed by atoms with van der Waals surface area (Å²) >= 11 is 0. The van der Waals surface area contributed by atoms with Gasteiger partial charge >= 0.3 is 0 Å². The first-order valence-electron chi connectivity index (χ1n) is 9.47. The molecule has 0 atom stereocenters. The number of anilines is 2. The van der Waals surface area contributed by atoms with Crippen LogP contribution in [0.5, 0.6) is 5.75 Å². The lowest BCUT2D eigenvalue weighted by Crippen LogP contribution is -2.14. The van der Waals surface area contributed by atoms with Gasteiger partial charge in [-0.25, -0.2) is 8.42 Å². The van der Waals surface area contributed by atoms with E-state index in [9.17, 15) is 13.2 Å². The molecule has 6 nitrogen and oxygen atoms in total. The molecule has 0 saturated carbocycles. The molecule has 0 saturated heterocycles. The van der Waals surface area contributed by atoms with Gasteiger partial charge in [-0.3, -0.25) is 9.52 Å². The van der Waals surface area contributed by atoms with Crippen LogP contribution < -0.4 is 14.8 Å². The van der Waals surface area contributed by atoms with E-state index in [-0.39, 0.29) is 10.8 Å². The van der Waals surface area contributed by atoms with Gasteiger partial charge in [0.05, 0.1) is 12.0 Å². The highest BCUT2D eigenvalue weighted by atomic mass is 32.2. The molecule has 2 N–H and O–H groups in total. The van der Waals surface area contributed by atoms with Crippen molar-refractivity contribution in [3.05, 3.63) is 83.9 Å². The summed E-state index contributed by atoms with van der Waals surface area (Å²) < 4.78 is 32.7. The Morgan fingerprint density at radius 1 is 0.833 bits per heavy atom. The maximum Gasteiger partial charge on any atom is 0.261 e. The monoisotopic (exact) mass is 424 g/mol. The maximum absolute atomic E-state index is 12.6. The zero-order chi connectivity index (χ0) is 21.7. The van der Waals surface area contributed by atoms with Gasteiger partial charge < -0.3 is 10.1 Å². The van der Waals surface area contributed by atoms with Crippen molar-refractivity contribution in [2.45, 2.75) is 24.7 Å². The van der Waals surface area contributed by atoms with E-state index in [1.54, 1.807) is 55.6 Å². The number of rotatable bonds is 7. The molecule has 0 bridgehead atoms. The minimum absolute atomic E-state index is 0.0950. The van der Waals surface area contributed by atoms with E-state index >= 15 is 0 Å². The highest BCUT2D eigenvalue weighted by Crippen LogP contribution is 2.21. The number of ether oxygens (including phenoxy) is 1. The number of sulfonamides is 1. The Bertz CT molecular complexity index is 1110. The zero-order valence-corrected chi connectivity index (χ0v) is 17.9. The summed E-state index contributed by atoms with van der Waals surface area (Å²) in [4.78, 5) is 12.5. The van der Waals surface area contributed by atoms with Gasteiger partial charge in [0.1, 0.15) is 5.75 Å². The lowest BCUT2D eigenvalue weighted by atomic mass is 10.0. The molecule has 3 aromatic carbocycles. The van der Waals surface area contributed by atoms with Gasteiger partial charge in [-0.1, -0.05) is 26.0 Å². The van der Waals surface area contributed by atoms with Crippen LogP contribution in [0.2, 0.25) is 0 Å². The summed E-state index contributed by atoms with van der Waals surface area (Å²) in [6.45, 7) is 4.18. The van der Waals surface area contributed by atoms with Crippen LogP contribution >= 0.6 is 0 Å². The Balaban J connectivity index is 1.68. The van der Waals surface area contributed by atoms with Gasteiger partial charge in [0.15, 0.2) is 0 Å². The predicted molar refractivity (Wildman–Crippen MR) is 119 cm³/mol. The Morgan fingerprint density at radius 2 is 1.40 bits per heavy atom. The summed E-state index contributed by atoms with van der Waals surface area (Å²) in [7, 11) is -2.20. The maximum atomic E-state index is 12.6. The molecule has 0 aromatic heterocycles. The lowest BCUT2D eigenvalue weighted by Gasteiger charge is -2.10. The quantitative estimate of drug-likeness (QED) is 0.567. The molecule has 30 heavy (non-hydrogen) atoms. The lowest BCUT2D eigenvalue weighted by molar-refractivity contribution is 0.102. The second kappa shape index (κ2) is 9.00. The first-order valence-corrected chi connectivity index (χ1v) is 10.9. The van der Waals surface area contributed by atoms with Crippen molar-refractivity contribution < 1.29 is 17.9 Å². The predicted octanol–water partition coefficient (Wildman–Crippen LogP) is 4.87. The fraction of sp³-hybridized carbons (Fsp3) is 0.174. The molecule has 7 heteroatoms. The van der Waals surface area contributed by atoms with Crippen LogP contribution in [0.15, 0.2) is 77.7 Å². The molecule has 0 aliphatic rings. The molecule has 0 aliphatic carbocycles. The van der Waals surface area contributed by atoms with E-state index < -0.39 is 10.0 Å². The SMILES string of the molecule is COc1ccc(NS(=O)(=O)c2ccc(NC(=O)c3ccc(C(C)C)cc3)cc2)cc1. The summed E-state index contributed by atoms with van der Waals surface area (Å²) in [6.07, 6.45) is 0. The van der Waals surface area contributed by atoms with Crippen LogP contribution in [-0.4, -0.2) is 21.4 Å². The third kappa shape index (κ3) is 5.18. The highest BCUT2D eigenvalue weighted by Gasteiger charge is 2.15. The smallest absolute Gasteiger partial charge is 0.261 e. The van der Waals surface area contributed by atoms with Crippen molar-refractivity contribution in [1.29, 1.82) is 0 Å². The number of carbonyl (C=O) groups excluding carboxylic acids is 1. The Hall–Kier alpha value is -3.32. The molecular weight excluding hydrogens is 400 g/mol. The standard InChI is InChI=1S/C23H24N2O4S/c1-16(2)17-4-6-18(7-5-17)23(26)24-19-10-14-22(15-11-19)30(27,28)25-20-8-12-21(29-3)13-9-20/h4-16,25H,1-3H3,(H,24,26). The number of hydrogen-bond donors (Lipinski definition) is 2. The van der Waals surface area contributed by atoms with Crippen molar-refractivity contribution in [3.8, 4) is 5.75 Å². The topological polar surface area (TPSA) is 84.5 Å². The van der Waals surface area contributed by atoms with E-state index in [1.807, 2.05) is 12.1 Å². The molecular formula is C23H24N2O4S. The van der Waals surface area contributed by atoms with Gasteiger partial charge in [-0.2, -0.15) is 0 Å². The minimum Gasteiger partial charge on any atom is -0.497 e. The van der Waals surface area contributed by atoms with Crippen LogP contribution in [0.25, 0.3) is 0 Å². The molecule has 3 aromatic rings. The first kappa shape index (κ1) is 21.4. The average Bonchev–Trinajstić information content (AvgIpc) is 2.74. The van der Waals surface area contributed by atoms with Crippen molar-refractivity contribution in [2.24, 2.45) is 0 Å². The number of benzene rings is 3. The van der Waals surface area contributed by atoms with Crippen molar-refractivity contribution in [1.82, 2.24) is 0 Å². The third-order valence-electron chi connectivity index (χ3n) is 4.60. The minimum atomic E-state index is -3.75. The van der Waals surface area contributed by atoms with E-state index in [0.717, 1.165) is 5.56 Å².